The molecule has 1 aliphatic carbocycles. The predicted molar refractivity (Wildman–Crippen MR) is 123 cm³/mol. The molecule has 0 saturated heterocycles. The van der Waals surface area contributed by atoms with E-state index in [0.717, 1.165) is 39.5 Å². The first kappa shape index (κ1) is 24.4. The van der Waals surface area contributed by atoms with Crippen molar-refractivity contribution < 1.29 is 18.0 Å². The Balaban J connectivity index is 0.000000262. The number of aryl methyl sites for hydroxylation is 2. The van der Waals surface area contributed by atoms with E-state index in [0.29, 0.717) is 17.8 Å². The van der Waals surface area contributed by atoms with Crippen molar-refractivity contribution in [3.63, 3.8) is 0 Å². The highest BCUT2D eigenvalue weighted by molar-refractivity contribution is 7.19. The number of thiophene rings is 1. The second kappa shape index (κ2) is 10.6. The minimum Gasteiger partial charge on any atom is -0.383 e. The molecule has 0 bridgehead atoms. The van der Waals surface area contributed by atoms with Crippen LogP contribution in [0.4, 0.5) is 30.5 Å². The average molecular weight is 480 g/mol. The van der Waals surface area contributed by atoms with Crippen molar-refractivity contribution in [2.45, 2.75) is 38.3 Å². The Morgan fingerprint density at radius 1 is 1.27 bits per heavy atom. The Kier molecular flexibility index (Phi) is 7.79. The zero-order valence-electron chi connectivity index (χ0n) is 17.9. The Morgan fingerprint density at radius 3 is 2.73 bits per heavy atom. The van der Waals surface area contributed by atoms with Gasteiger partial charge in [-0.3, -0.25) is 4.79 Å². The molecule has 0 spiro atoms. The maximum Gasteiger partial charge on any atom is 0.390 e. The quantitative estimate of drug-likeness (QED) is 0.358. The highest BCUT2D eigenvalue weighted by Crippen LogP contribution is 2.38. The summed E-state index contributed by atoms with van der Waals surface area (Å²) in [4.78, 5) is 26.2. The molecule has 1 amide bonds. The van der Waals surface area contributed by atoms with Crippen LogP contribution in [0.25, 0.3) is 10.2 Å². The van der Waals surface area contributed by atoms with Crippen LogP contribution in [-0.4, -0.2) is 52.2 Å². The highest BCUT2D eigenvalue weighted by atomic mass is 32.1. The van der Waals surface area contributed by atoms with Crippen LogP contribution in [-0.2, 0) is 17.6 Å². The summed E-state index contributed by atoms with van der Waals surface area (Å²) in [6.07, 6.45) is 4.40. The van der Waals surface area contributed by atoms with Gasteiger partial charge in [0.1, 0.15) is 22.8 Å². The number of nitrogens with zero attached hydrogens (tertiary/aromatic N) is 4. The van der Waals surface area contributed by atoms with Crippen molar-refractivity contribution in [2.24, 2.45) is 0 Å². The summed E-state index contributed by atoms with van der Waals surface area (Å²) >= 11 is 1.77. The standard InChI is InChI=1S/C16H16N6S.C5H8F3NO/c17-6-9-5-10(7-19-14(9)18)22-15-13-11-3-1-2-4-12(11)23-16(13)21-8-20-15;1-9(4-10)3-2-5(6,7)8/h5-8,17H,1-4H2,(H2,18,19)(H,20,21,22);4H,2-3H2,1H3. The molecular weight excluding hydrogens is 455 g/mol. The van der Waals surface area contributed by atoms with E-state index >= 15 is 0 Å². The Morgan fingerprint density at radius 2 is 2.03 bits per heavy atom. The molecule has 0 aromatic carbocycles. The van der Waals surface area contributed by atoms with Gasteiger partial charge in [0.2, 0.25) is 6.41 Å². The first-order valence-corrected chi connectivity index (χ1v) is 11.0. The van der Waals surface area contributed by atoms with E-state index in [9.17, 15) is 18.0 Å². The fourth-order valence-corrected chi connectivity index (χ4v) is 4.58. The van der Waals surface area contributed by atoms with E-state index in [1.807, 2.05) is 6.07 Å². The summed E-state index contributed by atoms with van der Waals surface area (Å²) in [5, 5.41) is 11.8. The van der Waals surface area contributed by atoms with Crippen LogP contribution in [0, 0.1) is 5.41 Å². The molecular formula is C21H24F3N7OS. The maximum atomic E-state index is 11.4. The fourth-order valence-electron chi connectivity index (χ4n) is 3.35. The number of nitrogens with two attached hydrogens (primary N) is 1. The number of rotatable bonds is 6. The molecule has 4 N–H and O–H groups in total. The molecule has 176 valence electrons. The second-order valence-corrected chi connectivity index (χ2v) is 8.62. The number of pyridine rings is 1. The topological polar surface area (TPSA) is 121 Å². The molecule has 3 heterocycles. The van der Waals surface area contributed by atoms with E-state index in [1.165, 1.54) is 36.5 Å². The summed E-state index contributed by atoms with van der Waals surface area (Å²) < 4.78 is 34.2. The third kappa shape index (κ3) is 6.37. The lowest BCUT2D eigenvalue weighted by molar-refractivity contribution is -0.139. The molecule has 3 aromatic heterocycles. The number of hydrogen-bond donors (Lipinski definition) is 3. The van der Waals surface area contributed by atoms with Gasteiger partial charge in [-0.15, -0.1) is 11.3 Å². The van der Waals surface area contributed by atoms with Crippen LogP contribution in [0.2, 0.25) is 0 Å². The van der Waals surface area contributed by atoms with Crippen LogP contribution < -0.4 is 11.1 Å². The van der Waals surface area contributed by atoms with Gasteiger partial charge in [0.05, 0.1) is 23.7 Å². The fraction of sp³-hybridized carbons (Fsp3) is 0.381. The van der Waals surface area contributed by atoms with Crippen molar-refractivity contribution in [2.75, 3.05) is 24.6 Å². The number of anilines is 3. The number of aromatic nitrogens is 3. The first-order valence-electron chi connectivity index (χ1n) is 10.2. The van der Waals surface area contributed by atoms with E-state index in [2.05, 4.69) is 20.3 Å². The van der Waals surface area contributed by atoms with E-state index in [1.54, 1.807) is 23.9 Å². The monoisotopic (exact) mass is 479 g/mol. The summed E-state index contributed by atoms with van der Waals surface area (Å²) in [7, 11) is 1.30. The Labute approximate surface area is 192 Å². The van der Waals surface area contributed by atoms with Crippen LogP contribution in [0.1, 0.15) is 35.3 Å². The van der Waals surface area contributed by atoms with Gasteiger partial charge in [0.15, 0.2) is 0 Å². The average Bonchev–Trinajstić information content (AvgIpc) is 3.18. The number of amides is 1. The summed E-state index contributed by atoms with van der Waals surface area (Å²) in [5.41, 5.74) is 8.49. The molecule has 1 aliphatic rings. The molecule has 33 heavy (non-hydrogen) atoms. The van der Waals surface area contributed by atoms with Crippen LogP contribution >= 0.6 is 11.3 Å². The maximum absolute atomic E-state index is 11.4. The molecule has 0 unspecified atom stereocenters. The van der Waals surface area contributed by atoms with Crippen LogP contribution in [0.3, 0.4) is 0 Å². The van der Waals surface area contributed by atoms with E-state index < -0.39 is 12.6 Å². The van der Waals surface area contributed by atoms with Crippen molar-refractivity contribution >= 4 is 51.5 Å². The summed E-state index contributed by atoms with van der Waals surface area (Å²) in [6, 6.07) is 1.81. The lowest BCUT2D eigenvalue weighted by Gasteiger charge is -2.12. The number of hydrogen-bond acceptors (Lipinski definition) is 8. The minimum atomic E-state index is -4.17. The van der Waals surface area contributed by atoms with Gasteiger partial charge in [-0.1, -0.05) is 0 Å². The number of alkyl halides is 3. The van der Waals surface area contributed by atoms with Gasteiger partial charge in [-0.05, 0) is 37.3 Å². The molecule has 0 fully saturated rings. The normalized spacial score (nSPS) is 13.0. The Hall–Kier alpha value is -3.28. The predicted octanol–water partition coefficient (Wildman–Crippen LogP) is 4.32. The first-order chi connectivity index (χ1) is 15.7. The third-order valence-corrected chi connectivity index (χ3v) is 6.25. The lowest BCUT2D eigenvalue weighted by Crippen LogP contribution is -2.22. The van der Waals surface area contributed by atoms with Crippen molar-refractivity contribution in [3.8, 4) is 0 Å². The molecule has 0 aliphatic heterocycles. The number of halogens is 3. The SMILES string of the molecule is CN(C=O)CCC(F)(F)F.N=Cc1cc(Nc2ncnc3sc4c(c23)CCCC4)cnc1N. The van der Waals surface area contributed by atoms with Crippen LogP contribution in [0.15, 0.2) is 18.6 Å². The van der Waals surface area contributed by atoms with Crippen molar-refractivity contribution in [1.82, 2.24) is 19.9 Å². The number of nitrogens with one attached hydrogen (secondary N) is 2. The van der Waals surface area contributed by atoms with Crippen molar-refractivity contribution in [1.29, 1.82) is 5.41 Å². The zero-order chi connectivity index (χ0) is 24.0. The molecule has 0 atom stereocenters. The smallest absolute Gasteiger partial charge is 0.383 e. The number of fused-ring (bicyclic) bond motifs is 3. The molecule has 0 radical (unpaired) electrons. The number of carbonyl (C=O) groups excluding carboxylic acids is 1. The van der Waals surface area contributed by atoms with Gasteiger partial charge < -0.3 is 21.4 Å². The summed E-state index contributed by atoms with van der Waals surface area (Å²) in [5.74, 6) is 1.16. The second-order valence-electron chi connectivity index (χ2n) is 7.53. The highest BCUT2D eigenvalue weighted by Gasteiger charge is 2.26. The number of nitrogen functional groups attached to an aromatic ring is 1. The van der Waals surface area contributed by atoms with Gasteiger partial charge >= 0.3 is 6.18 Å². The Bertz CT molecular complexity index is 1130. The van der Waals surface area contributed by atoms with Gasteiger partial charge in [0, 0.05) is 30.2 Å². The van der Waals surface area contributed by atoms with Crippen LogP contribution in [0.5, 0.6) is 0 Å². The molecule has 0 saturated carbocycles. The van der Waals surface area contributed by atoms with Gasteiger partial charge in [0.25, 0.3) is 0 Å². The lowest BCUT2D eigenvalue weighted by atomic mass is 9.97. The molecule has 3 aromatic rings. The van der Waals surface area contributed by atoms with E-state index in [-0.39, 0.29) is 6.54 Å². The van der Waals surface area contributed by atoms with E-state index in [4.69, 9.17) is 11.1 Å². The van der Waals surface area contributed by atoms with Gasteiger partial charge in [-0.2, -0.15) is 13.2 Å². The molecule has 8 nitrogen and oxygen atoms in total. The third-order valence-electron chi connectivity index (χ3n) is 5.05. The molecule has 12 heteroatoms. The van der Waals surface area contributed by atoms with Crippen molar-refractivity contribution in [3.05, 3.63) is 34.6 Å². The minimum absolute atomic E-state index is 0.271. The molecule has 4 rings (SSSR count). The zero-order valence-corrected chi connectivity index (χ0v) is 18.8. The number of carbonyl (C=O) groups is 1. The largest absolute Gasteiger partial charge is 0.390 e. The van der Waals surface area contributed by atoms with Gasteiger partial charge in [-0.25, -0.2) is 15.0 Å². The summed E-state index contributed by atoms with van der Waals surface area (Å²) in [6.45, 7) is -0.271.